The third kappa shape index (κ3) is 4.86. The van der Waals surface area contributed by atoms with Gasteiger partial charge in [0.15, 0.2) is 0 Å². The fraction of sp³-hybridized carbons (Fsp3) is 0.571. The SMILES string of the molecule is CC/C(=C(\OC(C)C)O[Si](C)(C)C)c1cccs1. The molecule has 0 fully saturated rings. The molecule has 0 aliphatic carbocycles. The van der Waals surface area contributed by atoms with Crippen LogP contribution in [-0.2, 0) is 9.16 Å². The molecule has 1 heterocycles. The Morgan fingerprint density at radius 2 is 2.00 bits per heavy atom. The maximum atomic E-state index is 6.13. The van der Waals surface area contributed by atoms with E-state index >= 15 is 0 Å². The molecular weight excluding hydrogens is 260 g/mol. The van der Waals surface area contributed by atoms with Crippen molar-refractivity contribution in [2.45, 2.75) is 52.9 Å². The molecule has 0 aliphatic heterocycles. The Hall–Kier alpha value is -0.743. The fourth-order valence-corrected chi connectivity index (χ4v) is 3.08. The van der Waals surface area contributed by atoms with Crippen LogP contribution < -0.4 is 0 Å². The normalized spacial score (nSPS) is 13.5. The highest BCUT2D eigenvalue weighted by Gasteiger charge is 2.22. The van der Waals surface area contributed by atoms with E-state index in [2.05, 4.69) is 44.1 Å². The minimum absolute atomic E-state index is 0.137. The fourth-order valence-electron chi connectivity index (χ4n) is 1.52. The number of rotatable bonds is 6. The molecule has 0 amide bonds. The predicted molar refractivity (Wildman–Crippen MR) is 82.2 cm³/mol. The Kier molecular flexibility index (Phi) is 5.47. The van der Waals surface area contributed by atoms with Gasteiger partial charge in [-0.15, -0.1) is 11.3 Å². The third-order valence-corrected chi connectivity index (χ3v) is 3.89. The highest BCUT2D eigenvalue weighted by Crippen LogP contribution is 2.29. The first-order valence-corrected chi connectivity index (χ1v) is 10.7. The van der Waals surface area contributed by atoms with E-state index in [9.17, 15) is 0 Å². The van der Waals surface area contributed by atoms with E-state index in [1.165, 1.54) is 10.5 Å². The second-order valence-corrected chi connectivity index (χ2v) is 10.9. The van der Waals surface area contributed by atoms with Crippen molar-refractivity contribution >= 4 is 25.2 Å². The van der Waals surface area contributed by atoms with Gasteiger partial charge in [0.25, 0.3) is 5.95 Å². The molecule has 4 heteroatoms. The Morgan fingerprint density at radius 3 is 2.39 bits per heavy atom. The lowest BCUT2D eigenvalue weighted by Gasteiger charge is -2.25. The molecule has 0 radical (unpaired) electrons. The summed E-state index contributed by atoms with van der Waals surface area (Å²) in [5.74, 6) is 0.731. The van der Waals surface area contributed by atoms with Crippen LogP contribution in [0.2, 0.25) is 19.6 Å². The largest absolute Gasteiger partial charge is 0.519 e. The van der Waals surface area contributed by atoms with Crippen LogP contribution in [0.4, 0.5) is 0 Å². The molecule has 0 saturated heterocycles. The highest BCUT2D eigenvalue weighted by atomic mass is 32.1. The van der Waals surface area contributed by atoms with E-state index < -0.39 is 8.32 Å². The molecule has 1 aromatic rings. The van der Waals surface area contributed by atoms with Gasteiger partial charge < -0.3 is 9.16 Å². The minimum atomic E-state index is -1.66. The van der Waals surface area contributed by atoms with Gasteiger partial charge in [0.1, 0.15) is 0 Å². The second-order valence-electron chi connectivity index (χ2n) is 5.48. The summed E-state index contributed by atoms with van der Waals surface area (Å²) in [6.45, 7) is 12.8. The summed E-state index contributed by atoms with van der Waals surface area (Å²) in [7, 11) is -1.66. The summed E-state index contributed by atoms with van der Waals surface area (Å²) in [6.07, 6.45) is 1.06. The smallest absolute Gasteiger partial charge is 0.270 e. The van der Waals surface area contributed by atoms with Gasteiger partial charge in [-0.1, -0.05) is 13.0 Å². The summed E-state index contributed by atoms with van der Waals surface area (Å²) in [5.41, 5.74) is 1.18. The summed E-state index contributed by atoms with van der Waals surface area (Å²) in [6, 6.07) is 4.19. The van der Waals surface area contributed by atoms with Gasteiger partial charge >= 0.3 is 0 Å². The molecule has 18 heavy (non-hydrogen) atoms. The van der Waals surface area contributed by atoms with Crippen LogP contribution in [-0.4, -0.2) is 14.4 Å². The number of thiophene rings is 1. The van der Waals surface area contributed by atoms with Gasteiger partial charge in [0.05, 0.1) is 6.10 Å². The van der Waals surface area contributed by atoms with Gasteiger partial charge in [-0.25, -0.2) is 0 Å². The van der Waals surface area contributed by atoms with Crippen molar-refractivity contribution in [1.82, 2.24) is 0 Å². The number of hydrogen-bond acceptors (Lipinski definition) is 3. The van der Waals surface area contributed by atoms with Crippen molar-refractivity contribution < 1.29 is 9.16 Å². The summed E-state index contributed by atoms with van der Waals surface area (Å²) in [5, 5.41) is 2.09. The maximum absolute atomic E-state index is 6.13. The van der Waals surface area contributed by atoms with Crippen molar-refractivity contribution in [1.29, 1.82) is 0 Å². The first-order chi connectivity index (χ1) is 8.33. The van der Waals surface area contributed by atoms with Gasteiger partial charge in [-0.3, -0.25) is 0 Å². The minimum Gasteiger partial charge on any atom is -0.519 e. The number of allylic oxidation sites excluding steroid dienone is 1. The Balaban J connectivity index is 3.11. The van der Waals surface area contributed by atoms with E-state index in [1.807, 2.05) is 13.8 Å². The molecule has 0 atom stereocenters. The molecule has 0 saturated carbocycles. The van der Waals surface area contributed by atoms with Crippen LogP contribution in [0.5, 0.6) is 0 Å². The lowest BCUT2D eigenvalue weighted by molar-refractivity contribution is 0.0618. The van der Waals surface area contributed by atoms with Crippen molar-refractivity contribution in [3.05, 3.63) is 28.3 Å². The van der Waals surface area contributed by atoms with Crippen molar-refractivity contribution in [2.75, 3.05) is 0 Å². The lowest BCUT2D eigenvalue weighted by atomic mass is 10.2. The molecule has 1 rings (SSSR count). The lowest BCUT2D eigenvalue weighted by Crippen LogP contribution is -2.27. The third-order valence-electron chi connectivity index (χ3n) is 2.16. The standard InChI is InChI=1S/C14H24O2SSi/c1-7-12(13-9-8-10-17-13)14(15-11(2)3)16-18(4,5)6/h8-11H,7H2,1-6H3/b14-12-. The van der Waals surface area contributed by atoms with Gasteiger partial charge in [-0.2, -0.15) is 0 Å². The zero-order valence-corrected chi connectivity index (χ0v) is 14.1. The molecule has 102 valence electrons. The van der Waals surface area contributed by atoms with Crippen LogP contribution in [0.15, 0.2) is 23.5 Å². The molecule has 1 aromatic heterocycles. The topological polar surface area (TPSA) is 18.5 Å². The zero-order chi connectivity index (χ0) is 13.8. The molecule has 0 aromatic carbocycles. The van der Waals surface area contributed by atoms with E-state index in [0.29, 0.717) is 0 Å². The van der Waals surface area contributed by atoms with E-state index in [4.69, 9.17) is 9.16 Å². The molecule has 0 unspecified atom stereocenters. The summed E-state index contributed by atoms with van der Waals surface area (Å²) < 4.78 is 12.0. The number of hydrogen-bond donors (Lipinski definition) is 0. The second kappa shape index (κ2) is 6.43. The first kappa shape index (κ1) is 15.3. The maximum Gasteiger partial charge on any atom is 0.270 e. The van der Waals surface area contributed by atoms with Crippen LogP contribution in [0.3, 0.4) is 0 Å². The average Bonchev–Trinajstić information content (AvgIpc) is 2.68. The molecular formula is C14H24O2SSi. The van der Waals surface area contributed by atoms with Crippen molar-refractivity contribution in [3.63, 3.8) is 0 Å². The van der Waals surface area contributed by atoms with E-state index in [1.54, 1.807) is 11.3 Å². The summed E-state index contributed by atoms with van der Waals surface area (Å²) in [4.78, 5) is 1.24. The van der Waals surface area contributed by atoms with Gasteiger partial charge in [0, 0.05) is 10.5 Å². The van der Waals surface area contributed by atoms with Gasteiger partial charge in [0.2, 0.25) is 8.32 Å². The van der Waals surface area contributed by atoms with E-state index in [0.717, 1.165) is 12.4 Å². The number of ether oxygens (including phenoxy) is 1. The zero-order valence-electron chi connectivity index (χ0n) is 12.2. The molecule has 2 nitrogen and oxygen atoms in total. The Morgan fingerprint density at radius 1 is 1.33 bits per heavy atom. The molecule has 0 aliphatic rings. The van der Waals surface area contributed by atoms with Crippen molar-refractivity contribution in [3.8, 4) is 0 Å². The van der Waals surface area contributed by atoms with E-state index in [-0.39, 0.29) is 6.10 Å². The monoisotopic (exact) mass is 284 g/mol. The average molecular weight is 284 g/mol. The Labute approximate surface area is 116 Å². The van der Waals surface area contributed by atoms with Crippen LogP contribution >= 0.6 is 11.3 Å². The van der Waals surface area contributed by atoms with Crippen LogP contribution in [0.25, 0.3) is 5.57 Å². The first-order valence-electron chi connectivity index (χ1n) is 6.46. The quantitative estimate of drug-likeness (QED) is 0.534. The summed E-state index contributed by atoms with van der Waals surface area (Å²) >= 11 is 1.73. The Bertz CT molecular complexity index is 388. The molecule has 0 N–H and O–H groups in total. The van der Waals surface area contributed by atoms with Gasteiger partial charge in [-0.05, 0) is 51.4 Å². The predicted octanol–water partition coefficient (Wildman–Crippen LogP) is 5.10. The highest BCUT2D eigenvalue weighted by molar-refractivity contribution is 7.11. The van der Waals surface area contributed by atoms with Crippen molar-refractivity contribution in [2.24, 2.45) is 0 Å². The van der Waals surface area contributed by atoms with Crippen LogP contribution in [0, 0.1) is 0 Å². The molecule has 0 bridgehead atoms. The molecule has 0 spiro atoms. The van der Waals surface area contributed by atoms with Crippen LogP contribution in [0.1, 0.15) is 32.1 Å².